The summed E-state index contributed by atoms with van der Waals surface area (Å²) >= 11 is 0. The second-order valence-electron chi connectivity index (χ2n) is 4.05. The molecule has 0 aromatic rings. The number of rotatable bonds is 4. The van der Waals surface area contributed by atoms with E-state index in [9.17, 15) is 0 Å². The molecule has 0 amide bonds. The Balaban J connectivity index is 2.17. The maximum Gasteiger partial charge on any atom is 0.102 e. The Morgan fingerprint density at radius 3 is 2.42 bits per heavy atom. The van der Waals surface area contributed by atoms with Gasteiger partial charge in [-0.25, -0.2) is 0 Å². The maximum atomic E-state index is 5.39. The summed E-state index contributed by atoms with van der Waals surface area (Å²) in [6, 6.07) is 0. The van der Waals surface area contributed by atoms with Crippen molar-refractivity contribution in [1.82, 2.24) is 0 Å². The van der Waals surface area contributed by atoms with Crippen LogP contribution < -0.4 is 0 Å². The second-order valence-corrected chi connectivity index (χ2v) is 4.05. The van der Waals surface area contributed by atoms with Crippen molar-refractivity contribution in [2.75, 3.05) is 39.9 Å². The Morgan fingerprint density at radius 2 is 1.83 bits per heavy atom. The van der Waals surface area contributed by atoms with Crippen LogP contribution in [0.2, 0.25) is 0 Å². The highest BCUT2D eigenvalue weighted by molar-refractivity contribution is 4.51. The zero-order valence-electron chi connectivity index (χ0n) is 8.51. The van der Waals surface area contributed by atoms with Gasteiger partial charge in [0.15, 0.2) is 0 Å². The van der Waals surface area contributed by atoms with Gasteiger partial charge in [0.05, 0.1) is 26.7 Å². The average Bonchev–Trinajstić information content (AvgIpc) is 2.06. The van der Waals surface area contributed by atoms with Gasteiger partial charge in [-0.2, -0.15) is 0 Å². The first kappa shape index (κ1) is 10.0. The van der Waals surface area contributed by atoms with E-state index in [4.69, 9.17) is 4.74 Å². The number of ether oxygens (including phenoxy) is 1. The lowest BCUT2D eigenvalue weighted by Gasteiger charge is -2.37. The van der Waals surface area contributed by atoms with Crippen LogP contribution in [0.1, 0.15) is 26.2 Å². The number of hydrogen-bond donors (Lipinski definition) is 0. The van der Waals surface area contributed by atoms with Crippen LogP contribution in [0.4, 0.5) is 0 Å². The Bertz CT molecular complexity index is 119. The summed E-state index contributed by atoms with van der Waals surface area (Å²) in [5.74, 6) is 0. The van der Waals surface area contributed by atoms with Crippen molar-refractivity contribution in [2.24, 2.45) is 0 Å². The van der Waals surface area contributed by atoms with E-state index < -0.39 is 0 Å². The topological polar surface area (TPSA) is 9.23 Å². The predicted octanol–water partition coefficient (Wildman–Crippen LogP) is 1.65. The van der Waals surface area contributed by atoms with Crippen molar-refractivity contribution >= 4 is 0 Å². The summed E-state index contributed by atoms with van der Waals surface area (Å²) in [6.45, 7) is 7.77. The van der Waals surface area contributed by atoms with Crippen molar-refractivity contribution < 1.29 is 9.22 Å². The standard InChI is InChI=1S/C10H22NO/c1-3-12-10-9-11(2)7-5-4-6-8-11/h3-10H2,1-2H3/q+1. The Morgan fingerprint density at radius 1 is 1.17 bits per heavy atom. The fraction of sp³-hybridized carbons (Fsp3) is 1.00. The smallest absolute Gasteiger partial charge is 0.102 e. The maximum absolute atomic E-state index is 5.39. The summed E-state index contributed by atoms with van der Waals surface area (Å²) in [5.41, 5.74) is 0. The van der Waals surface area contributed by atoms with Crippen molar-refractivity contribution in [3.05, 3.63) is 0 Å². The Labute approximate surface area is 76.1 Å². The van der Waals surface area contributed by atoms with Gasteiger partial charge < -0.3 is 9.22 Å². The molecular weight excluding hydrogens is 150 g/mol. The lowest BCUT2D eigenvalue weighted by Crippen LogP contribution is -2.49. The van der Waals surface area contributed by atoms with E-state index in [1.165, 1.54) is 43.4 Å². The summed E-state index contributed by atoms with van der Waals surface area (Å²) in [6.07, 6.45) is 4.24. The lowest BCUT2D eigenvalue weighted by molar-refractivity contribution is -0.914. The molecule has 0 radical (unpaired) electrons. The van der Waals surface area contributed by atoms with Crippen LogP contribution in [0.25, 0.3) is 0 Å². The van der Waals surface area contributed by atoms with Gasteiger partial charge in [0.2, 0.25) is 0 Å². The minimum absolute atomic E-state index is 0.861. The highest BCUT2D eigenvalue weighted by atomic mass is 16.5. The third-order valence-electron chi connectivity index (χ3n) is 2.88. The van der Waals surface area contributed by atoms with E-state index in [1.54, 1.807) is 0 Å². The van der Waals surface area contributed by atoms with Crippen LogP contribution >= 0.6 is 0 Å². The SMILES string of the molecule is CCOCC[N+]1(C)CCCCC1. The van der Waals surface area contributed by atoms with E-state index in [0.717, 1.165) is 13.2 Å². The Kier molecular flexibility index (Phi) is 4.02. The van der Waals surface area contributed by atoms with Gasteiger partial charge in [-0.15, -0.1) is 0 Å². The van der Waals surface area contributed by atoms with Crippen LogP contribution in [-0.2, 0) is 4.74 Å². The predicted molar refractivity (Wildman–Crippen MR) is 51.1 cm³/mol. The van der Waals surface area contributed by atoms with Gasteiger partial charge in [-0.1, -0.05) is 0 Å². The molecule has 1 aliphatic rings. The molecule has 0 aliphatic carbocycles. The largest absolute Gasteiger partial charge is 0.376 e. The summed E-state index contributed by atoms with van der Waals surface area (Å²) in [4.78, 5) is 0. The molecule has 0 aromatic carbocycles. The van der Waals surface area contributed by atoms with Gasteiger partial charge in [0.25, 0.3) is 0 Å². The van der Waals surface area contributed by atoms with Gasteiger partial charge >= 0.3 is 0 Å². The monoisotopic (exact) mass is 172 g/mol. The lowest BCUT2D eigenvalue weighted by atomic mass is 10.1. The number of hydrogen-bond acceptors (Lipinski definition) is 1. The third-order valence-corrected chi connectivity index (χ3v) is 2.88. The molecule has 2 heteroatoms. The highest BCUT2D eigenvalue weighted by Gasteiger charge is 2.23. The first-order chi connectivity index (χ1) is 5.77. The van der Waals surface area contributed by atoms with Crippen LogP contribution in [0.3, 0.4) is 0 Å². The molecule has 2 nitrogen and oxygen atoms in total. The fourth-order valence-corrected chi connectivity index (χ4v) is 1.93. The van der Waals surface area contributed by atoms with Crippen LogP contribution in [-0.4, -0.2) is 44.4 Å². The molecule has 1 fully saturated rings. The van der Waals surface area contributed by atoms with E-state index in [-0.39, 0.29) is 0 Å². The van der Waals surface area contributed by atoms with Crippen LogP contribution in [0.15, 0.2) is 0 Å². The number of nitrogens with zero attached hydrogens (tertiary/aromatic N) is 1. The number of piperidine rings is 1. The third kappa shape index (κ3) is 3.11. The van der Waals surface area contributed by atoms with Gasteiger partial charge in [-0.3, -0.25) is 0 Å². The van der Waals surface area contributed by atoms with Crippen molar-refractivity contribution in [3.63, 3.8) is 0 Å². The van der Waals surface area contributed by atoms with Crippen molar-refractivity contribution in [2.45, 2.75) is 26.2 Å². The normalized spacial score (nSPS) is 22.5. The molecule has 0 spiro atoms. The molecule has 1 saturated heterocycles. The van der Waals surface area contributed by atoms with Crippen molar-refractivity contribution in [3.8, 4) is 0 Å². The number of likely N-dealkylation sites (N-methyl/N-ethyl adjacent to an activating group) is 1. The molecule has 0 saturated carbocycles. The summed E-state index contributed by atoms with van der Waals surface area (Å²) < 4.78 is 6.62. The van der Waals surface area contributed by atoms with Gasteiger partial charge in [-0.05, 0) is 26.2 Å². The molecule has 1 heterocycles. The zero-order valence-corrected chi connectivity index (χ0v) is 8.51. The highest BCUT2D eigenvalue weighted by Crippen LogP contribution is 2.15. The second kappa shape index (κ2) is 4.83. The minimum atomic E-state index is 0.861. The summed E-state index contributed by atoms with van der Waals surface area (Å²) in [7, 11) is 2.36. The first-order valence-electron chi connectivity index (χ1n) is 5.18. The van der Waals surface area contributed by atoms with E-state index in [2.05, 4.69) is 14.0 Å². The molecule has 1 rings (SSSR count). The Hall–Kier alpha value is -0.0800. The fourth-order valence-electron chi connectivity index (χ4n) is 1.93. The number of quaternary nitrogens is 1. The first-order valence-corrected chi connectivity index (χ1v) is 5.18. The van der Waals surface area contributed by atoms with Gasteiger partial charge in [0, 0.05) is 6.61 Å². The zero-order chi connectivity index (χ0) is 8.86. The molecule has 72 valence electrons. The molecule has 0 unspecified atom stereocenters. The quantitative estimate of drug-likeness (QED) is 0.463. The molecule has 12 heavy (non-hydrogen) atoms. The van der Waals surface area contributed by atoms with E-state index in [0.29, 0.717) is 0 Å². The summed E-state index contributed by atoms with van der Waals surface area (Å²) in [5, 5.41) is 0. The average molecular weight is 172 g/mol. The molecule has 0 atom stereocenters. The number of likely N-dealkylation sites (tertiary alicyclic amines) is 1. The van der Waals surface area contributed by atoms with E-state index >= 15 is 0 Å². The van der Waals surface area contributed by atoms with Crippen molar-refractivity contribution in [1.29, 1.82) is 0 Å². The molecule has 0 N–H and O–H groups in total. The molecule has 0 bridgehead atoms. The molecule has 1 aliphatic heterocycles. The molecular formula is C10H22NO+. The van der Waals surface area contributed by atoms with Crippen LogP contribution in [0, 0.1) is 0 Å². The molecule has 0 aromatic heterocycles. The van der Waals surface area contributed by atoms with Gasteiger partial charge in [0.1, 0.15) is 6.54 Å². The van der Waals surface area contributed by atoms with E-state index in [1.807, 2.05) is 0 Å². The minimum Gasteiger partial charge on any atom is -0.376 e. The van der Waals surface area contributed by atoms with Crippen LogP contribution in [0.5, 0.6) is 0 Å².